The van der Waals surface area contributed by atoms with Crippen molar-refractivity contribution in [3.63, 3.8) is 0 Å². The molecule has 5 heteroatoms. The normalized spacial score (nSPS) is 16.9. The number of urea groups is 1. The van der Waals surface area contributed by atoms with Crippen molar-refractivity contribution in [3.8, 4) is 0 Å². The maximum Gasteiger partial charge on any atom is 0.319 e. The van der Waals surface area contributed by atoms with Crippen LogP contribution < -0.4 is 10.6 Å². The molecule has 0 radical (unpaired) electrons. The van der Waals surface area contributed by atoms with Crippen molar-refractivity contribution < 1.29 is 4.79 Å². The molecular formula is C15H22ClN3O. The lowest BCUT2D eigenvalue weighted by atomic mass is 10.1. The average molecular weight is 296 g/mol. The van der Waals surface area contributed by atoms with E-state index in [9.17, 15) is 4.79 Å². The monoisotopic (exact) mass is 295 g/mol. The summed E-state index contributed by atoms with van der Waals surface area (Å²) in [6, 6.07) is 5.65. The first-order valence-electron chi connectivity index (χ1n) is 7.14. The van der Waals surface area contributed by atoms with Gasteiger partial charge in [-0.25, -0.2) is 4.79 Å². The molecule has 2 N–H and O–H groups in total. The molecule has 110 valence electrons. The highest BCUT2D eigenvalue weighted by Gasteiger charge is 2.19. The summed E-state index contributed by atoms with van der Waals surface area (Å²) in [5, 5.41) is 6.53. The average Bonchev–Trinajstić information content (AvgIpc) is 2.44. The van der Waals surface area contributed by atoms with Crippen molar-refractivity contribution in [2.24, 2.45) is 0 Å². The molecule has 1 aromatic carbocycles. The van der Waals surface area contributed by atoms with Gasteiger partial charge < -0.3 is 15.5 Å². The SMILES string of the molecule is CCN1CCC(NC(=O)Nc2ccc(C)c(Cl)c2)CC1. The lowest BCUT2D eigenvalue weighted by molar-refractivity contribution is 0.203. The third kappa shape index (κ3) is 4.12. The highest BCUT2D eigenvalue weighted by Crippen LogP contribution is 2.20. The lowest BCUT2D eigenvalue weighted by Crippen LogP contribution is -2.45. The first kappa shape index (κ1) is 15.1. The van der Waals surface area contributed by atoms with Crippen LogP contribution in [0.1, 0.15) is 25.3 Å². The Morgan fingerprint density at radius 1 is 1.40 bits per heavy atom. The van der Waals surface area contributed by atoms with E-state index in [-0.39, 0.29) is 12.1 Å². The Morgan fingerprint density at radius 3 is 2.70 bits per heavy atom. The van der Waals surface area contributed by atoms with Crippen LogP contribution in [0.25, 0.3) is 0 Å². The van der Waals surface area contributed by atoms with Crippen LogP contribution in [0.3, 0.4) is 0 Å². The van der Waals surface area contributed by atoms with E-state index in [4.69, 9.17) is 11.6 Å². The molecule has 0 unspecified atom stereocenters. The Kier molecular flexibility index (Phi) is 5.26. The van der Waals surface area contributed by atoms with Gasteiger partial charge in [0.05, 0.1) is 0 Å². The Morgan fingerprint density at radius 2 is 2.10 bits per heavy atom. The molecule has 1 fully saturated rings. The molecule has 1 heterocycles. The Bertz CT molecular complexity index is 470. The molecule has 1 aromatic rings. The fourth-order valence-corrected chi connectivity index (χ4v) is 2.60. The molecule has 0 saturated carbocycles. The van der Waals surface area contributed by atoms with Gasteiger partial charge in [0.2, 0.25) is 0 Å². The number of hydrogen-bond donors (Lipinski definition) is 2. The van der Waals surface area contributed by atoms with Gasteiger partial charge in [-0.1, -0.05) is 24.6 Å². The minimum absolute atomic E-state index is 0.153. The zero-order valence-electron chi connectivity index (χ0n) is 12.1. The number of likely N-dealkylation sites (tertiary alicyclic amines) is 1. The molecule has 0 aromatic heterocycles. The van der Waals surface area contributed by atoms with Gasteiger partial charge in [0, 0.05) is 29.8 Å². The van der Waals surface area contributed by atoms with Crippen LogP contribution in [0, 0.1) is 6.92 Å². The summed E-state index contributed by atoms with van der Waals surface area (Å²) in [6.45, 7) is 7.30. The molecule has 0 aliphatic carbocycles. The fourth-order valence-electron chi connectivity index (χ4n) is 2.42. The van der Waals surface area contributed by atoms with Crippen molar-refractivity contribution in [3.05, 3.63) is 28.8 Å². The molecule has 4 nitrogen and oxygen atoms in total. The number of amides is 2. The lowest BCUT2D eigenvalue weighted by Gasteiger charge is -2.31. The number of carbonyl (C=O) groups is 1. The number of nitrogens with one attached hydrogen (secondary N) is 2. The third-order valence-electron chi connectivity index (χ3n) is 3.80. The maximum atomic E-state index is 11.9. The van der Waals surface area contributed by atoms with E-state index in [0.717, 1.165) is 43.7 Å². The standard InChI is InChI=1S/C15H22ClN3O/c1-3-19-8-6-12(7-9-19)17-15(20)18-13-5-4-11(2)14(16)10-13/h4-5,10,12H,3,6-9H2,1-2H3,(H2,17,18,20). The van der Waals surface area contributed by atoms with Crippen LogP contribution in [0.5, 0.6) is 0 Å². The molecule has 2 amide bonds. The van der Waals surface area contributed by atoms with Crippen LogP contribution >= 0.6 is 11.6 Å². The Labute approximate surface area is 125 Å². The quantitative estimate of drug-likeness (QED) is 0.899. The second-order valence-corrected chi connectivity index (χ2v) is 5.68. The number of piperidine rings is 1. The largest absolute Gasteiger partial charge is 0.335 e. The van der Waals surface area contributed by atoms with E-state index in [0.29, 0.717) is 5.02 Å². The summed E-state index contributed by atoms with van der Waals surface area (Å²) < 4.78 is 0. The van der Waals surface area contributed by atoms with Crippen molar-refractivity contribution in [2.45, 2.75) is 32.7 Å². The summed E-state index contributed by atoms with van der Waals surface area (Å²) in [4.78, 5) is 14.3. The van der Waals surface area contributed by atoms with Crippen LogP contribution in [0.15, 0.2) is 18.2 Å². The van der Waals surface area contributed by atoms with E-state index in [2.05, 4.69) is 22.5 Å². The molecule has 1 aliphatic heterocycles. The van der Waals surface area contributed by atoms with Gasteiger partial charge in [0.25, 0.3) is 0 Å². The van der Waals surface area contributed by atoms with Gasteiger partial charge in [-0.3, -0.25) is 0 Å². The number of benzene rings is 1. The van der Waals surface area contributed by atoms with Crippen LogP contribution in [0.2, 0.25) is 5.02 Å². The Balaban J connectivity index is 1.82. The van der Waals surface area contributed by atoms with Gasteiger partial charge >= 0.3 is 6.03 Å². The van der Waals surface area contributed by atoms with Crippen LogP contribution in [-0.4, -0.2) is 36.6 Å². The van der Waals surface area contributed by atoms with E-state index in [1.807, 2.05) is 19.1 Å². The summed E-state index contributed by atoms with van der Waals surface area (Å²) in [5.74, 6) is 0. The number of rotatable bonds is 3. The molecule has 0 spiro atoms. The molecular weight excluding hydrogens is 274 g/mol. The number of aryl methyl sites for hydroxylation is 1. The van der Waals surface area contributed by atoms with Gasteiger partial charge in [0.15, 0.2) is 0 Å². The van der Waals surface area contributed by atoms with Gasteiger partial charge in [0.1, 0.15) is 0 Å². The minimum atomic E-state index is -0.153. The van der Waals surface area contributed by atoms with E-state index >= 15 is 0 Å². The van der Waals surface area contributed by atoms with Gasteiger partial charge in [-0.15, -0.1) is 0 Å². The number of anilines is 1. The first-order valence-corrected chi connectivity index (χ1v) is 7.52. The second kappa shape index (κ2) is 6.95. The highest BCUT2D eigenvalue weighted by molar-refractivity contribution is 6.31. The predicted molar refractivity (Wildman–Crippen MR) is 83.5 cm³/mol. The smallest absolute Gasteiger partial charge is 0.319 e. The number of hydrogen-bond acceptors (Lipinski definition) is 2. The molecule has 0 bridgehead atoms. The number of halogens is 1. The molecule has 20 heavy (non-hydrogen) atoms. The number of carbonyl (C=O) groups excluding carboxylic acids is 1. The first-order chi connectivity index (χ1) is 9.58. The third-order valence-corrected chi connectivity index (χ3v) is 4.21. The Hall–Kier alpha value is -1.26. The molecule has 0 atom stereocenters. The topological polar surface area (TPSA) is 44.4 Å². The summed E-state index contributed by atoms with van der Waals surface area (Å²) in [6.07, 6.45) is 2.02. The summed E-state index contributed by atoms with van der Waals surface area (Å²) in [7, 11) is 0. The zero-order valence-corrected chi connectivity index (χ0v) is 12.8. The van der Waals surface area contributed by atoms with E-state index in [1.165, 1.54) is 0 Å². The molecule has 1 saturated heterocycles. The predicted octanol–water partition coefficient (Wildman–Crippen LogP) is 3.25. The number of nitrogens with zero attached hydrogens (tertiary/aromatic N) is 1. The fraction of sp³-hybridized carbons (Fsp3) is 0.533. The van der Waals surface area contributed by atoms with Crippen molar-refractivity contribution in [1.29, 1.82) is 0 Å². The zero-order chi connectivity index (χ0) is 14.5. The second-order valence-electron chi connectivity index (χ2n) is 5.27. The van der Waals surface area contributed by atoms with E-state index < -0.39 is 0 Å². The van der Waals surface area contributed by atoms with Crippen molar-refractivity contribution >= 4 is 23.3 Å². The van der Waals surface area contributed by atoms with Crippen LogP contribution in [-0.2, 0) is 0 Å². The molecule has 1 aliphatic rings. The van der Waals surface area contributed by atoms with Gasteiger partial charge in [-0.2, -0.15) is 0 Å². The molecule has 2 rings (SSSR count). The minimum Gasteiger partial charge on any atom is -0.335 e. The van der Waals surface area contributed by atoms with Gasteiger partial charge in [-0.05, 0) is 44.0 Å². The van der Waals surface area contributed by atoms with Crippen molar-refractivity contribution in [1.82, 2.24) is 10.2 Å². The summed E-state index contributed by atoms with van der Waals surface area (Å²) in [5.41, 5.74) is 1.73. The van der Waals surface area contributed by atoms with Crippen molar-refractivity contribution in [2.75, 3.05) is 25.0 Å². The van der Waals surface area contributed by atoms with E-state index in [1.54, 1.807) is 6.07 Å². The summed E-state index contributed by atoms with van der Waals surface area (Å²) >= 11 is 6.04. The maximum absolute atomic E-state index is 11.9. The highest BCUT2D eigenvalue weighted by atomic mass is 35.5. The van der Waals surface area contributed by atoms with Crippen LogP contribution in [0.4, 0.5) is 10.5 Å².